The van der Waals surface area contributed by atoms with Gasteiger partial charge in [0.05, 0.1) is 0 Å². The number of hydrogen-bond acceptors (Lipinski definition) is 2. The molecule has 0 aliphatic heterocycles. The van der Waals surface area contributed by atoms with Crippen molar-refractivity contribution in [1.29, 1.82) is 0 Å². The summed E-state index contributed by atoms with van der Waals surface area (Å²) in [6.07, 6.45) is 5.59. The van der Waals surface area contributed by atoms with Crippen LogP contribution in [-0.2, 0) is 24.7 Å². The Balaban J connectivity index is 1.45. The summed E-state index contributed by atoms with van der Waals surface area (Å²) in [5.74, 6) is 1.85. The van der Waals surface area contributed by atoms with Gasteiger partial charge in [-0.2, -0.15) is 5.10 Å². The van der Waals surface area contributed by atoms with E-state index < -0.39 is 0 Å². The molecule has 2 aliphatic rings. The molecule has 4 rings (SSSR count). The fourth-order valence-corrected chi connectivity index (χ4v) is 4.07. The van der Waals surface area contributed by atoms with Crippen LogP contribution in [0.3, 0.4) is 0 Å². The Kier molecular flexibility index (Phi) is 2.95. The quantitative estimate of drug-likeness (QED) is 0.863. The van der Waals surface area contributed by atoms with E-state index in [-0.39, 0.29) is 5.92 Å². The van der Waals surface area contributed by atoms with Crippen molar-refractivity contribution in [3.8, 4) is 0 Å². The molecule has 1 aromatic carbocycles. The van der Waals surface area contributed by atoms with Crippen LogP contribution in [-0.4, -0.2) is 15.6 Å². The van der Waals surface area contributed by atoms with Crippen LogP contribution in [0.4, 0.5) is 0 Å². The van der Waals surface area contributed by atoms with Gasteiger partial charge in [-0.15, -0.1) is 0 Å². The van der Waals surface area contributed by atoms with Crippen LogP contribution in [0.1, 0.15) is 35.6 Å². The van der Waals surface area contributed by atoms with Crippen molar-refractivity contribution in [1.82, 2.24) is 9.78 Å². The number of rotatable bonds is 4. The zero-order valence-corrected chi connectivity index (χ0v) is 12.3. The number of hydrogen-bond donors (Lipinski definition) is 0. The lowest BCUT2D eigenvalue weighted by Gasteiger charge is -2.13. The van der Waals surface area contributed by atoms with Crippen LogP contribution < -0.4 is 0 Å². The van der Waals surface area contributed by atoms with Gasteiger partial charge < -0.3 is 0 Å². The van der Waals surface area contributed by atoms with Crippen molar-refractivity contribution in [2.24, 2.45) is 18.9 Å². The second kappa shape index (κ2) is 4.83. The Labute approximate surface area is 125 Å². The molecule has 2 aliphatic carbocycles. The summed E-state index contributed by atoms with van der Waals surface area (Å²) < 4.78 is 1.86. The summed E-state index contributed by atoms with van der Waals surface area (Å²) >= 11 is 0. The molecule has 108 valence electrons. The zero-order valence-electron chi connectivity index (χ0n) is 12.3. The number of carbonyl (C=O) groups excluding carboxylic acids is 1. The van der Waals surface area contributed by atoms with Gasteiger partial charge in [-0.05, 0) is 48.3 Å². The van der Waals surface area contributed by atoms with Gasteiger partial charge in [0.15, 0.2) is 0 Å². The molecule has 3 heteroatoms. The summed E-state index contributed by atoms with van der Waals surface area (Å²) in [5.41, 5.74) is 4.04. The molecule has 3 unspecified atom stereocenters. The predicted molar refractivity (Wildman–Crippen MR) is 81.0 cm³/mol. The lowest BCUT2D eigenvalue weighted by atomic mass is 9.92. The van der Waals surface area contributed by atoms with Crippen LogP contribution in [0.15, 0.2) is 36.5 Å². The second-order valence-corrected chi connectivity index (χ2v) is 6.37. The van der Waals surface area contributed by atoms with Crippen molar-refractivity contribution in [2.45, 2.75) is 31.6 Å². The molecule has 1 fully saturated rings. The summed E-state index contributed by atoms with van der Waals surface area (Å²) in [7, 11) is 1.94. The van der Waals surface area contributed by atoms with E-state index in [0.29, 0.717) is 24.0 Å². The van der Waals surface area contributed by atoms with Gasteiger partial charge in [0, 0.05) is 31.3 Å². The normalized spacial score (nSPS) is 26.0. The molecule has 1 aromatic heterocycles. The molecule has 0 bridgehead atoms. The minimum Gasteiger partial charge on any atom is -0.299 e. The van der Waals surface area contributed by atoms with Gasteiger partial charge in [0.25, 0.3) is 0 Å². The number of Topliss-reactive ketones (excluding diaryl/α,β-unsaturated/α-hetero) is 1. The minimum atomic E-state index is 0.280. The summed E-state index contributed by atoms with van der Waals surface area (Å²) in [5, 5.41) is 4.16. The maximum Gasteiger partial charge on any atom is 0.137 e. The molecule has 2 aromatic rings. The molecule has 3 nitrogen and oxygen atoms in total. The van der Waals surface area contributed by atoms with Gasteiger partial charge in [0.1, 0.15) is 5.78 Å². The average molecular weight is 280 g/mol. The van der Waals surface area contributed by atoms with Gasteiger partial charge in [-0.3, -0.25) is 9.48 Å². The topological polar surface area (TPSA) is 34.9 Å². The molecule has 21 heavy (non-hydrogen) atoms. The fraction of sp³-hybridized carbons (Fsp3) is 0.444. The molecule has 0 N–H and O–H groups in total. The Morgan fingerprint density at radius 3 is 3.00 bits per heavy atom. The molecular formula is C18H20N2O. The van der Waals surface area contributed by atoms with E-state index >= 15 is 0 Å². The van der Waals surface area contributed by atoms with Crippen LogP contribution in [0, 0.1) is 11.8 Å². The molecule has 1 heterocycles. The van der Waals surface area contributed by atoms with Gasteiger partial charge in [-0.1, -0.05) is 24.3 Å². The highest BCUT2D eigenvalue weighted by atomic mass is 16.1. The number of aromatic nitrogens is 2. The monoisotopic (exact) mass is 280 g/mol. The minimum absolute atomic E-state index is 0.280. The lowest BCUT2D eigenvalue weighted by Crippen LogP contribution is -2.07. The van der Waals surface area contributed by atoms with Crippen molar-refractivity contribution in [2.75, 3.05) is 0 Å². The fourth-order valence-electron chi connectivity index (χ4n) is 4.07. The highest BCUT2D eigenvalue weighted by molar-refractivity contribution is 5.86. The number of fused-ring (bicyclic) bond motifs is 3. The van der Waals surface area contributed by atoms with Crippen LogP contribution in [0.5, 0.6) is 0 Å². The number of aryl methyl sites for hydroxylation is 3. The number of carbonyl (C=O) groups is 1. The van der Waals surface area contributed by atoms with Crippen LogP contribution >= 0.6 is 0 Å². The van der Waals surface area contributed by atoms with Gasteiger partial charge in [-0.25, -0.2) is 0 Å². The standard InChI is InChI=1S/C18H20N2O/c1-20-13(10-11-19-20)7-9-16(21)18-15-8-6-12-4-2-3-5-14(12)17(15)18/h2-5,10-11,15,17-18H,6-9H2,1H3. The van der Waals surface area contributed by atoms with Crippen LogP contribution in [0.25, 0.3) is 0 Å². The van der Waals surface area contributed by atoms with E-state index in [9.17, 15) is 4.79 Å². The highest BCUT2D eigenvalue weighted by Gasteiger charge is 2.56. The van der Waals surface area contributed by atoms with Crippen molar-refractivity contribution in [3.63, 3.8) is 0 Å². The first-order valence-electron chi connectivity index (χ1n) is 7.83. The zero-order chi connectivity index (χ0) is 14.4. The van der Waals surface area contributed by atoms with Gasteiger partial charge in [0.2, 0.25) is 0 Å². The van der Waals surface area contributed by atoms with E-state index in [1.807, 2.05) is 17.8 Å². The van der Waals surface area contributed by atoms with E-state index in [0.717, 1.165) is 18.5 Å². The van der Waals surface area contributed by atoms with Gasteiger partial charge >= 0.3 is 0 Å². The largest absolute Gasteiger partial charge is 0.299 e. The Morgan fingerprint density at radius 2 is 2.19 bits per heavy atom. The predicted octanol–water partition coefficient (Wildman–Crippen LogP) is 2.90. The maximum absolute atomic E-state index is 12.6. The first-order chi connectivity index (χ1) is 10.3. The Hall–Kier alpha value is -1.90. The van der Waals surface area contributed by atoms with Crippen molar-refractivity contribution in [3.05, 3.63) is 53.3 Å². The molecule has 0 amide bonds. The molecule has 0 saturated heterocycles. The van der Waals surface area contributed by atoms with Crippen LogP contribution in [0.2, 0.25) is 0 Å². The van der Waals surface area contributed by atoms with E-state index in [4.69, 9.17) is 0 Å². The molecule has 0 radical (unpaired) electrons. The van der Waals surface area contributed by atoms with E-state index in [1.165, 1.54) is 17.5 Å². The van der Waals surface area contributed by atoms with Crippen molar-refractivity contribution < 1.29 is 4.79 Å². The highest BCUT2D eigenvalue weighted by Crippen LogP contribution is 2.60. The third kappa shape index (κ3) is 2.11. The average Bonchev–Trinajstić information content (AvgIpc) is 3.12. The van der Waals surface area contributed by atoms with Crippen molar-refractivity contribution >= 4 is 5.78 Å². The molecular weight excluding hydrogens is 260 g/mol. The van der Waals surface area contributed by atoms with E-state index in [1.54, 1.807) is 6.20 Å². The van der Waals surface area contributed by atoms with E-state index in [2.05, 4.69) is 29.4 Å². The summed E-state index contributed by atoms with van der Waals surface area (Å²) in [6.45, 7) is 0. The SMILES string of the molecule is Cn1nccc1CCC(=O)C1C2CCc3ccccc3C21. The lowest BCUT2D eigenvalue weighted by molar-refractivity contribution is -0.120. The smallest absolute Gasteiger partial charge is 0.137 e. The number of ketones is 1. The Morgan fingerprint density at radius 1 is 1.33 bits per heavy atom. The molecule has 3 atom stereocenters. The first kappa shape index (κ1) is 12.8. The molecule has 1 saturated carbocycles. The summed E-state index contributed by atoms with van der Waals surface area (Å²) in [4.78, 5) is 12.6. The number of benzene rings is 1. The maximum atomic E-state index is 12.6. The third-order valence-electron chi connectivity index (χ3n) is 5.25. The number of nitrogens with zero attached hydrogens (tertiary/aromatic N) is 2. The molecule has 0 spiro atoms. The Bertz CT molecular complexity index is 688. The third-order valence-corrected chi connectivity index (χ3v) is 5.25. The second-order valence-electron chi connectivity index (χ2n) is 6.37. The first-order valence-corrected chi connectivity index (χ1v) is 7.83. The summed E-state index contributed by atoms with van der Waals surface area (Å²) in [6, 6.07) is 10.7.